The third-order valence-electron chi connectivity index (χ3n) is 5.68. The number of hydrogen-bond acceptors (Lipinski definition) is 5. The van der Waals surface area contributed by atoms with Crippen LogP contribution in [0.25, 0.3) is 0 Å². The van der Waals surface area contributed by atoms with Crippen molar-refractivity contribution in [3.05, 3.63) is 40.8 Å². The maximum atomic E-state index is 13.5. The highest BCUT2D eigenvalue weighted by atomic mass is 19.2. The summed E-state index contributed by atoms with van der Waals surface area (Å²) in [5.74, 6) is -6.48. The molecule has 2 aliphatic rings. The molecule has 4 rings (SSSR count). The molecule has 0 spiro atoms. The van der Waals surface area contributed by atoms with E-state index in [0.717, 1.165) is 0 Å². The highest BCUT2D eigenvalue weighted by Gasteiger charge is 2.40. The van der Waals surface area contributed by atoms with Crippen LogP contribution in [0, 0.1) is 23.4 Å². The molecule has 170 valence electrons. The van der Waals surface area contributed by atoms with Gasteiger partial charge < -0.3 is 19.8 Å². The Morgan fingerprint density at radius 3 is 2.62 bits per heavy atom. The zero-order chi connectivity index (χ0) is 23.2. The predicted molar refractivity (Wildman–Crippen MR) is 103 cm³/mol. The van der Waals surface area contributed by atoms with Gasteiger partial charge in [-0.15, -0.1) is 0 Å². The zero-order valence-electron chi connectivity index (χ0n) is 16.9. The number of rotatable bonds is 4. The highest BCUT2D eigenvalue weighted by molar-refractivity contribution is 5.98. The van der Waals surface area contributed by atoms with Crippen molar-refractivity contribution in [3.63, 3.8) is 0 Å². The maximum Gasteiger partial charge on any atom is 0.322 e. The Morgan fingerprint density at radius 1 is 1.28 bits per heavy atom. The number of urea groups is 1. The van der Waals surface area contributed by atoms with Crippen LogP contribution in [0.5, 0.6) is 0 Å². The van der Waals surface area contributed by atoms with E-state index in [-0.39, 0.29) is 37.1 Å². The molecule has 2 aromatic rings. The lowest BCUT2D eigenvalue weighted by molar-refractivity contribution is -0.140. The van der Waals surface area contributed by atoms with Crippen molar-refractivity contribution in [2.45, 2.75) is 38.8 Å². The van der Waals surface area contributed by atoms with Gasteiger partial charge >= 0.3 is 12.0 Å². The van der Waals surface area contributed by atoms with Crippen molar-refractivity contribution in [2.75, 3.05) is 16.8 Å². The van der Waals surface area contributed by atoms with Crippen LogP contribution in [0.2, 0.25) is 0 Å². The van der Waals surface area contributed by atoms with Crippen molar-refractivity contribution in [1.82, 2.24) is 10.1 Å². The van der Waals surface area contributed by atoms with Crippen LogP contribution in [0.3, 0.4) is 0 Å². The summed E-state index contributed by atoms with van der Waals surface area (Å²) < 4.78 is 45.5. The summed E-state index contributed by atoms with van der Waals surface area (Å²) in [6.45, 7) is 2.00. The van der Waals surface area contributed by atoms with E-state index in [9.17, 15) is 27.6 Å². The van der Waals surface area contributed by atoms with E-state index in [1.54, 1.807) is 6.92 Å². The van der Waals surface area contributed by atoms with E-state index in [1.165, 1.54) is 9.80 Å². The lowest BCUT2D eigenvalue weighted by Crippen LogP contribution is -2.45. The quantitative estimate of drug-likeness (QED) is 0.690. The molecule has 1 fully saturated rings. The Balaban J connectivity index is 1.53. The first-order valence-electron chi connectivity index (χ1n) is 9.88. The number of hydrogen-bond donors (Lipinski definition) is 2. The van der Waals surface area contributed by atoms with Gasteiger partial charge in [-0.3, -0.25) is 14.5 Å². The van der Waals surface area contributed by atoms with Crippen LogP contribution in [0.4, 0.5) is 29.5 Å². The first kappa shape index (κ1) is 21.7. The monoisotopic (exact) mass is 452 g/mol. The lowest BCUT2D eigenvalue weighted by Gasteiger charge is -2.33. The third-order valence-corrected chi connectivity index (χ3v) is 5.68. The van der Waals surface area contributed by atoms with Crippen LogP contribution >= 0.6 is 0 Å². The largest absolute Gasteiger partial charge is 0.481 e. The number of aromatic nitrogens is 1. The number of halogens is 3. The molecular formula is C20H19F3N4O5. The summed E-state index contributed by atoms with van der Waals surface area (Å²) in [6.07, 6.45) is 0.365. The number of nitrogens with zero attached hydrogens (tertiary/aromatic N) is 3. The number of amides is 3. The first-order chi connectivity index (χ1) is 15.2. The smallest absolute Gasteiger partial charge is 0.322 e. The Bertz CT molecular complexity index is 1080. The fourth-order valence-electron chi connectivity index (χ4n) is 4.02. The van der Waals surface area contributed by atoms with Gasteiger partial charge in [0.25, 0.3) is 0 Å². The number of carbonyl (C=O) groups excluding carboxylic acids is 2. The van der Waals surface area contributed by atoms with Crippen molar-refractivity contribution in [3.8, 4) is 0 Å². The second-order valence-corrected chi connectivity index (χ2v) is 7.85. The van der Waals surface area contributed by atoms with Crippen molar-refractivity contribution >= 4 is 29.5 Å². The minimum atomic E-state index is -1.63. The number of benzene rings is 1. The van der Waals surface area contributed by atoms with Gasteiger partial charge in [0.2, 0.25) is 11.8 Å². The molecule has 1 aromatic carbocycles. The molecule has 9 nitrogen and oxygen atoms in total. The van der Waals surface area contributed by atoms with Crippen molar-refractivity contribution in [1.29, 1.82) is 0 Å². The van der Waals surface area contributed by atoms with E-state index in [4.69, 9.17) is 9.63 Å². The zero-order valence-corrected chi connectivity index (χ0v) is 16.9. The number of anilines is 2. The van der Waals surface area contributed by atoms with E-state index >= 15 is 0 Å². The average molecular weight is 452 g/mol. The fourth-order valence-corrected chi connectivity index (χ4v) is 4.02. The summed E-state index contributed by atoms with van der Waals surface area (Å²) in [6, 6.07) is 0.307. The third kappa shape index (κ3) is 3.87. The molecule has 0 saturated carbocycles. The van der Waals surface area contributed by atoms with Crippen LogP contribution in [-0.2, 0) is 22.6 Å². The van der Waals surface area contributed by atoms with Gasteiger partial charge in [-0.25, -0.2) is 18.0 Å². The summed E-state index contributed by atoms with van der Waals surface area (Å²) in [5.41, 5.74) is 0.810. The normalized spacial score (nSPS) is 20.4. The van der Waals surface area contributed by atoms with E-state index in [1.807, 2.05) is 0 Å². The summed E-state index contributed by atoms with van der Waals surface area (Å²) in [7, 11) is 0. The lowest BCUT2D eigenvalue weighted by atomic mass is 10.0. The SMILES string of the molecule is C[C@H]1Cc2noc(N3CCC(CC(=O)O)C3=O)c2CN1C(=O)Nc1cc(F)c(F)c(F)c1. The predicted octanol–water partition coefficient (Wildman–Crippen LogP) is 2.90. The molecule has 0 radical (unpaired) electrons. The van der Waals surface area contributed by atoms with Crippen LogP contribution < -0.4 is 10.2 Å². The summed E-state index contributed by atoms with van der Waals surface area (Å²) >= 11 is 0. The Labute approximate surface area is 179 Å². The number of fused-ring (bicyclic) bond motifs is 1. The number of aliphatic carboxylic acids is 1. The second-order valence-electron chi connectivity index (χ2n) is 7.85. The van der Waals surface area contributed by atoms with Gasteiger partial charge in [0.15, 0.2) is 17.5 Å². The molecule has 3 heterocycles. The second kappa shape index (κ2) is 8.17. The van der Waals surface area contributed by atoms with Gasteiger partial charge in [-0.05, 0) is 13.3 Å². The molecule has 0 aliphatic carbocycles. The average Bonchev–Trinajstić information content (AvgIpc) is 3.27. The fraction of sp³-hybridized carbons (Fsp3) is 0.400. The topological polar surface area (TPSA) is 116 Å². The van der Waals surface area contributed by atoms with E-state index in [2.05, 4.69) is 10.5 Å². The number of carboxylic acids is 1. The molecule has 32 heavy (non-hydrogen) atoms. The summed E-state index contributed by atoms with van der Waals surface area (Å²) in [4.78, 5) is 39.1. The molecule has 2 atom stereocenters. The van der Waals surface area contributed by atoms with Crippen LogP contribution in [-0.4, -0.2) is 45.7 Å². The maximum absolute atomic E-state index is 13.5. The Hall–Kier alpha value is -3.57. The van der Waals surface area contributed by atoms with Crippen molar-refractivity contribution < 1.29 is 37.2 Å². The van der Waals surface area contributed by atoms with E-state index in [0.29, 0.717) is 36.2 Å². The number of nitrogens with one attached hydrogen (secondary N) is 1. The first-order valence-corrected chi connectivity index (χ1v) is 9.88. The molecule has 12 heteroatoms. The minimum absolute atomic E-state index is 0.000697. The van der Waals surface area contributed by atoms with Gasteiger partial charge in [0, 0.05) is 36.8 Å². The molecule has 1 unspecified atom stereocenters. The molecule has 3 amide bonds. The van der Waals surface area contributed by atoms with Gasteiger partial charge in [-0.1, -0.05) is 5.16 Å². The minimum Gasteiger partial charge on any atom is -0.481 e. The molecule has 0 bridgehead atoms. The Kier molecular flexibility index (Phi) is 5.53. The number of carboxylic acid groups (broad SMARTS) is 1. The van der Waals surface area contributed by atoms with Crippen LogP contribution in [0.1, 0.15) is 31.0 Å². The van der Waals surface area contributed by atoms with Gasteiger partial charge in [0.1, 0.15) is 0 Å². The Morgan fingerprint density at radius 2 is 1.97 bits per heavy atom. The standard InChI is InChI=1S/C20H19F3N4O5/c1-9-4-15-12(19(32-25-15)26-3-2-10(18(26)30)5-16(28)29)8-27(9)20(31)24-11-6-13(21)17(23)14(22)7-11/h6-7,9-10H,2-5,8H2,1H3,(H,24,31)(H,28,29)/t9-,10?/m0/s1. The van der Waals surface area contributed by atoms with Crippen molar-refractivity contribution in [2.24, 2.45) is 5.92 Å². The van der Waals surface area contributed by atoms with E-state index < -0.39 is 41.3 Å². The summed E-state index contributed by atoms with van der Waals surface area (Å²) in [5, 5.41) is 15.3. The van der Waals surface area contributed by atoms with Gasteiger partial charge in [0.05, 0.1) is 30.1 Å². The molecule has 2 N–H and O–H groups in total. The molecule has 1 saturated heterocycles. The molecule has 2 aliphatic heterocycles. The van der Waals surface area contributed by atoms with Crippen LogP contribution in [0.15, 0.2) is 16.7 Å². The molecular weight excluding hydrogens is 433 g/mol. The molecule has 1 aromatic heterocycles. The van der Waals surface area contributed by atoms with Gasteiger partial charge in [-0.2, -0.15) is 0 Å². The highest BCUT2D eigenvalue weighted by Crippen LogP contribution is 2.35. The number of carbonyl (C=O) groups is 3.